The quantitative estimate of drug-likeness (QED) is 0.622. The summed E-state index contributed by atoms with van der Waals surface area (Å²) in [7, 11) is 0. The molecule has 0 amide bonds. The van der Waals surface area contributed by atoms with E-state index in [-0.39, 0.29) is 0 Å². The van der Waals surface area contributed by atoms with E-state index in [0.717, 1.165) is 24.6 Å². The molecule has 0 aliphatic heterocycles. The third-order valence-electron chi connectivity index (χ3n) is 2.22. The molecule has 0 radical (unpaired) electrons. The van der Waals surface area contributed by atoms with Crippen LogP contribution in [-0.4, -0.2) is 6.54 Å². The molecule has 0 spiro atoms. The van der Waals surface area contributed by atoms with Crippen LogP contribution in [0.25, 0.3) is 0 Å². The molecule has 0 aromatic heterocycles. The second-order valence-electron chi connectivity index (χ2n) is 3.02. The van der Waals surface area contributed by atoms with Gasteiger partial charge in [0.2, 0.25) is 0 Å². The van der Waals surface area contributed by atoms with Gasteiger partial charge in [0.15, 0.2) is 0 Å². The van der Waals surface area contributed by atoms with Crippen molar-refractivity contribution in [1.82, 2.24) is 5.32 Å². The highest BCUT2D eigenvalue weighted by molar-refractivity contribution is 4.89. The smallest absolute Gasteiger partial charge is 0.0171 e. The molecule has 0 bridgehead atoms. The van der Waals surface area contributed by atoms with E-state index in [4.69, 9.17) is 0 Å². The Balaban J connectivity index is 3.42. The lowest BCUT2D eigenvalue weighted by molar-refractivity contribution is 0.468. The average Bonchev–Trinajstić information content (AvgIpc) is 2.06. The molecule has 0 saturated carbocycles. The van der Waals surface area contributed by atoms with Crippen molar-refractivity contribution in [3.05, 3.63) is 12.3 Å². The average molecular weight is 155 g/mol. The Morgan fingerprint density at radius 1 is 1.27 bits per heavy atom. The van der Waals surface area contributed by atoms with Crippen molar-refractivity contribution in [3.63, 3.8) is 0 Å². The minimum atomic E-state index is 0.818. The van der Waals surface area contributed by atoms with Gasteiger partial charge >= 0.3 is 0 Å². The van der Waals surface area contributed by atoms with Gasteiger partial charge in [-0.2, -0.15) is 0 Å². The first-order chi connectivity index (χ1) is 5.24. The van der Waals surface area contributed by atoms with Crippen molar-refractivity contribution in [3.8, 4) is 0 Å². The van der Waals surface area contributed by atoms with Crippen LogP contribution in [0.5, 0.6) is 0 Å². The van der Waals surface area contributed by atoms with Crippen LogP contribution < -0.4 is 5.32 Å². The number of hydrogen-bond acceptors (Lipinski definition) is 1. The highest BCUT2D eigenvalue weighted by atomic mass is 14.9. The van der Waals surface area contributed by atoms with Gasteiger partial charge in [-0.25, -0.2) is 0 Å². The number of nitrogens with one attached hydrogen (secondary N) is 1. The van der Waals surface area contributed by atoms with Crippen LogP contribution in [-0.2, 0) is 0 Å². The van der Waals surface area contributed by atoms with Crippen LogP contribution in [0.2, 0.25) is 0 Å². The second kappa shape index (κ2) is 6.26. The topological polar surface area (TPSA) is 12.0 Å². The largest absolute Gasteiger partial charge is 0.389 e. The highest BCUT2D eigenvalue weighted by Gasteiger charge is 2.01. The molecule has 0 fully saturated rings. The Hall–Kier alpha value is -0.460. The minimum absolute atomic E-state index is 0.818. The number of allylic oxidation sites excluding steroid dienone is 1. The van der Waals surface area contributed by atoms with E-state index >= 15 is 0 Å². The molecule has 0 rings (SSSR count). The summed E-state index contributed by atoms with van der Waals surface area (Å²) in [6.45, 7) is 11.6. The van der Waals surface area contributed by atoms with E-state index in [1.807, 2.05) is 0 Å². The molecule has 0 atom stereocenters. The zero-order valence-electron chi connectivity index (χ0n) is 8.11. The lowest BCUT2D eigenvalue weighted by Crippen LogP contribution is -2.20. The van der Waals surface area contributed by atoms with Crippen molar-refractivity contribution in [1.29, 1.82) is 0 Å². The molecule has 1 nitrogen and oxygen atoms in total. The Bertz CT molecular complexity index is 103. The van der Waals surface area contributed by atoms with E-state index in [1.165, 1.54) is 12.8 Å². The summed E-state index contributed by atoms with van der Waals surface area (Å²) in [4.78, 5) is 0. The Labute approximate surface area is 70.9 Å². The van der Waals surface area contributed by atoms with Crippen LogP contribution in [0.3, 0.4) is 0 Å². The fourth-order valence-corrected chi connectivity index (χ4v) is 0.991. The summed E-state index contributed by atoms with van der Waals surface area (Å²) in [5, 5.41) is 3.34. The zero-order valence-corrected chi connectivity index (χ0v) is 8.11. The maximum atomic E-state index is 3.90. The van der Waals surface area contributed by atoms with Gasteiger partial charge in [-0.3, -0.25) is 0 Å². The molecule has 0 saturated heterocycles. The number of hydrogen-bond donors (Lipinski definition) is 1. The molecule has 66 valence electrons. The normalized spacial score (nSPS) is 10.2. The van der Waals surface area contributed by atoms with Crippen LogP contribution >= 0.6 is 0 Å². The maximum Gasteiger partial charge on any atom is 0.0171 e. The van der Waals surface area contributed by atoms with Gasteiger partial charge in [-0.1, -0.05) is 40.2 Å². The van der Waals surface area contributed by atoms with Crippen molar-refractivity contribution in [2.24, 2.45) is 5.92 Å². The van der Waals surface area contributed by atoms with Crippen molar-refractivity contribution in [2.75, 3.05) is 6.54 Å². The first-order valence-corrected chi connectivity index (χ1v) is 4.66. The van der Waals surface area contributed by atoms with Crippen molar-refractivity contribution >= 4 is 0 Å². The van der Waals surface area contributed by atoms with Gasteiger partial charge in [-0.05, 0) is 12.3 Å². The standard InChI is InChI=1S/C10H21N/c1-5-9(4)11-8-10(6-2)7-3/h10-11H,4-8H2,1-3H3. The van der Waals surface area contributed by atoms with Crippen molar-refractivity contribution < 1.29 is 0 Å². The molecule has 0 heterocycles. The molecule has 0 unspecified atom stereocenters. The predicted molar refractivity (Wildman–Crippen MR) is 51.5 cm³/mol. The maximum absolute atomic E-state index is 3.90. The molecular formula is C10H21N. The molecule has 0 aromatic rings. The minimum Gasteiger partial charge on any atom is -0.389 e. The van der Waals surface area contributed by atoms with Gasteiger partial charge in [0.05, 0.1) is 0 Å². The molecule has 1 heteroatoms. The zero-order chi connectivity index (χ0) is 8.69. The summed E-state index contributed by atoms with van der Waals surface area (Å²) in [6.07, 6.45) is 3.57. The Morgan fingerprint density at radius 2 is 1.82 bits per heavy atom. The van der Waals surface area contributed by atoms with Crippen LogP contribution in [0.1, 0.15) is 40.0 Å². The van der Waals surface area contributed by atoms with Gasteiger partial charge in [-0.15, -0.1) is 0 Å². The van der Waals surface area contributed by atoms with E-state index in [1.54, 1.807) is 0 Å². The summed E-state index contributed by atoms with van der Waals surface area (Å²) in [6, 6.07) is 0. The SMILES string of the molecule is C=C(CC)NCC(CC)CC. The monoisotopic (exact) mass is 155 g/mol. The van der Waals surface area contributed by atoms with Gasteiger partial charge in [0, 0.05) is 12.2 Å². The van der Waals surface area contributed by atoms with Crippen molar-refractivity contribution in [2.45, 2.75) is 40.0 Å². The third kappa shape index (κ3) is 4.88. The van der Waals surface area contributed by atoms with E-state index in [9.17, 15) is 0 Å². The molecular weight excluding hydrogens is 134 g/mol. The fraction of sp³-hybridized carbons (Fsp3) is 0.800. The van der Waals surface area contributed by atoms with Gasteiger partial charge in [0.1, 0.15) is 0 Å². The van der Waals surface area contributed by atoms with Gasteiger partial charge < -0.3 is 5.32 Å². The molecule has 11 heavy (non-hydrogen) atoms. The van der Waals surface area contributed by atoms with Crippen LogP contribution in [0, 0.1) is 5.92 Å². The molecule has 0 aliphatic rings. The number of rotatable bonds is 6. The van der Waals surface area contributed by atoms with Gasteiger partial charge in [0.25, 0.3) is 0 Å². The second-order valence-corrected chi connectivity index (χ2v) is 3.02. The van der Waals surface area contributed by atoms with E-state index in [0.29, 0.717) is 0 Å². The van der Waals surface area contributed by atoms with E-state index in [2.05, 4.69) is 32.7 Å². The Morgan fingerprint density at radius 3 is 2.18 bits per heavy atom. The Kier molecular flexibility index (Phi) is 6.00. The summed E-state index contributed by atoms with van der Waals surface area (Å²) in [5.41, 5.74) is 1.16. The molecule has 0 aliphatic carbocycles. The lowest BCUT2D eigenvalue weighted by Gasteiger charge is -2.14. The first-order valence-electron chi connectivity index (χ1n) is 4.66. The predicted octanol–water partition coefficient (Wildman–Crippen LogP) is 2.94. The molecule has 1 N–H and O–H groups in total. The fourth-order valence-electron chi connectivity index (χ4n) is 0.991. The summed E-state index contributed by atoms with van der Waals surface area (Å²) in [5.74, 6) is 0.818. The first kappa shape index (κ1) is 10.5. The van der Waals surface area contributed by atoms with Crippen LogP contribution in [0.15, 0.2) is 12.3 Å². The van der Waals surface area contributed by atoms with Crippen LogP contribution in [0.4, 0.5) is 0 Å². The third-order valence-corrected chi connectivity index (χ3v) is 2.22. The summed E-state index contributed by atoms with van der Waals surface area (Å²) < 4.78 is 0. The lowest BCUT2D eigenvalue weighted by atomic mass is 10.0. The van der Waals surface area contributed by atoms with E-state index < -0.39 is 0 Å². The molecule has 0 aromatic carbocycles. The summed E-state index contributed by atoms with van der Waals surface area (Å²) >= 11 is 0. The highest BCUT2D eigenvalue weighted by Crippen LogP contribution is 2.06.